The predicted molar refractivity (Wildman–Crippen MR) is 117 cm³/mol. The van der Waals surface area contributed by atoms with Crippen molar-refractivity contribution in [1.82, 2.24) is 19.7 Å². The molecule has 1 aromatic carbocycles. The molecule has 0 radical (unpaired) electrons. The number of likely N-dealkylation sites (tertiary alicyclic amines) is 1. The van der Waals surface area contributed by atoms with Crippen molar-refractivity contribution < 1.29 is 9.59 Å². The lowest BCUT2D eigenvalue weighted by Crippen LogP contribution is -2.54. The van der Waals surface area contributed by atoms with Crippen molar-refractivity contribution in [1.29, 1.82) is 0 Å². The molecule has 8 heteroatoms. The Kier molecular flexibility index (Phi) is 6.56. The van der Waals surface area contributed by atoms with E-state index in [1.165, 1.54) is 5.56 Å². The number of carbonyl (C=O) groups is 2. The normalized spacial score (nSPS) is 19.9. The Balaban J connectivity index is 1.37. The summed E-state index contributed by atoms with van der Waals surface area (Å²) in [5, 5.41) is 0.751. The minimum absolute atomic E-state index is 0.0435. The van der Waals surface area contributed by atoms with Crippen LogP contribution in [0, 0.1) is 0 Å². The first kappa shape index (κ1) is 21.1. The molecule has 158 valence electrons. The van der Waals surface area contributed by atoms with Crippen molar-refractivity contribution in [2.24, 2.45) is 0 Å². The molecule has 30 heavy (non-hydrogen) atoms. The maximum atomic E-state index is 13.2. The molecule has 0 bridgehead atoms. The fourth-order valence-electron chi connectivity index (χ4n) is 4.15. The van der Waals surface area contributed by atoms with Crippen molar-refractivity contribution >= 4 is 35.0 Å². The third-order valence-electron chi connectivity index (χ3n) is 5.78. The molecule has 2 aliphatic heterocycles. The van der Waals surface area contributed by atoms with E-state index in [-0.39, 0.29) is 11.8 Å². The minimum Gasteiger partial charge on any atom is -0.338 e. The predicted octanol–water partition coefficient (Wildman–Crippen LogP) is 3.34. The second kappa shape index (κ2) is 9.33. The molecule has 1 atom stereocenters. The summed E-state index contributed by atoms with van der Waals surface area (Å²) < 4.78 is 0. The van der Waals surface area contributed by atoms with E-state index in [4.69, 9.17) is 23.2 Å². The van der Waals surface area contributed by atoms with Gasteiger partial charge in [0, 0.05) is 57.2 Å². The Morgan fingerprint density at radius 2 is 1.83 bits per heavy atom. The van der Waals surface area contributed by atoms with E-state index in [0.717, 1.165) is 26.1 Å². The highest BCUT2D eigenvalue weighted by atomic mass is 35.5. The summed E-state index contributed by atoms with van der Waals surface area (Å²) >= 11 is 12.0. The molecule has 2 aromatic rings. The van der Waals surface area contributed by atoms with Gasteiger partial charge in [-0.25, -0.2) is 0 Å². The van der Waals surface area contributed by atoms with Crippen molar-refractivity contribution in [3.63, 3.8) is 0 Å². The summed E-state index contributed by atoms with van der Waals surface area (Å²) in [6.07, 6.45) is 5.17. The summed E-state index contributed by atoms with van der Waals surface area (Å²) in [6, 6.07) is 8.45. The minimum atomic E-state index is -0.406. The molecular weight excluding hydrogens is 423 g/mol. The Bertz CT molecular complexity index is 917. The van der Waals surface area contributed by atoms with Crippen molar-refractivity contribution in [2.45, 2.75) is 25.4 Å². The van der Waals surface area contributed by atoms with Gasteiger partial charge in [-0.15, -0.1) is 0 Å². The molecule has 2 saturated heterocycles. The first-order chi connectivity index (χ1) is 14.5. The molecule has 2 amide bonds. The summed E-state index contributed by atoms with van der Waals surface area (Å²) in [7, 11) is 0. The van der Waals surface area contributed by atoms with E-state index in [1.54, 1.807) is 29.3 Å². The number of hydrogen-bond donors (Lipinski definition) is 0. The summed E-state index contributed by atoms with van der Waals surface area (Å²) in [5.74, 6) is -0.124. The number of amides is 2. The highest BCUT2D eigenvalue weighted by Gasteiger charge is 2.37. The summed E-state index contributed by atoms with van der Waals surface area (Å²) in [6.45, 7) is 4.38. The first-order valence-corrected chi connectivity index (χ1v) is 10.9. The highest BCUT2D eigenvalue weighted by Crippen LogP contribution is 2.26. The van der Waals surface area contributed by atoms with Crippen LogP contribution in [0.25, 0.3) is 0 Å². The number of pyridine rings is 1. The third-order valence-corrected chi connectivity index (χ3v) is 6.52. The summed E-state index contributed by atoms with van der Waals surface area (Å²) in [5.41, 5.74) is 1.64. The lowest BCUT2D eigenvalue weighted by molar-refractivity contribution is -0.137. The molecule has 3 heterocycles. The maximum absolute atomic E-state index is 13.2. The van der Waals surface area contributed by atoms with E-state index in [9.17, 15) is 9.59 Å². The number of carbonyl (C=O) groups excluding carboxylic acids is 2. The van der Waals surface area contributed by atoms with Crippen LogP contribution < -0.4 is 0 Å². The molecule has 1 aromatic heterocycles. The smallest absolute Gasteiger partial charge is 0.254 e. The first-order valence-electron chi connectivity index (χ1n) is 10.2. The van der Waals surface area contributed by atoms with Gasteiger partial charge in [-0.1, -0.05) is 29.3 Å². The van der Waals surface area contributed by atoms with Crippen LogP contribution in [0.15, 0.2) is 42.7 Å². The van der Waals surface area contributed by atoms with Gasteiger partial charge >= 0.3 is 0 Å². The van der Waals surface area contributed by atoms with Crippen molar-refractivity contribution in [3.8, 4) is 0 Å². The average molecular weight is 447 g/mol. The third kappa shape index (κ3) is 4.61. The SMILES string of the molecule is O=C(C1CCCN1C(=O)c1ccc(Cl)c(Cl)c1)N1CCN(Cc2cccnc2)CC1. The molecule has 1 unspecified atom stereocenters. The van der Waals surface area contributed by atoms with Gasteiger partial charge in [0.15, 0.2) is 0 Å². The Labute approximate surface area is 186 Å². The number of piperazine rings is 1. The number of rotatable bonds is 4. The molecule has 0 spiro atoms. The van der Waals surface area contributed by atoms with Gasteiger partial charge in [0.05, 0.1) is 10.0 Å². The molecule has 0 N–H and O–H groups in total. The Morgan fingerprint density at radius 1 is 1.03 bits per heavy atom. The van der Waals surface area contributed by atoms with Gasteiger partial charge in [0.25, 0.3) is 5.91 Å². The fourth-order valence-corrected chi connectivity index (χ4v) is 4.45. The zero-order chi connectivity index (χ0) is 21.1. The number of halogens is 2. The molecule has 0 aliphatic carbocycles. The Morgan fingerprint density at radius 3 is 2.53 bits per heavy atom. The fraction of sp³-hybridized carbons (Fsp3) is 0.409. The van der Waals surface area contributed by atoms with Gasteiger partial charge in [0.1, 0.15) is 6.04 Å². The standard InChI is InChI=1S/C22H24Cl2N4O2/c23-18-6-5-17(13-19(18)24)21(29)28-8-2-4-20(28)22(30)27-11-9-26(10-12-27)15-16-3-1-7-25-14-16/h1,3,5-7,13-14,20H,2,4,8-12,15H2. The van der Waals surface area contributed by atoms with Crippen LogP contribution in [0.1, 0.15) is 28.8 Å². The van der Waals surface area contributed by atoms with Crippen LogP contribution in [0.2, 0.25) is 10.0 Å². The average Bonchev–Trinajstić information content (AvgIpc) is 3.26. The second-order valence-corrected chi connectivity index (χ2v) is 8.56. The molecule has 6 nitrogen and oxygen atoms in total. The van der Waals surface area contributed by atoms with Crippen LogP contribution in [-0.2, 0) is 11.3 Å². The van der Waals surface area contributed by atoms with Gasteiger partial charge in [-0.2, -0.15) is 0 Å². The van der Waals surface area contributed by atoms with E-state index >= 15 is 0 Å². The van der Waals surface area contributed by atoms with Crippen molar-refractivity contribution in [2.75, 3.05) is 32.7 Å². The number of benzene rings is 1. The van der Waals surface area contributed by atoms with Gasteiger partial charge in [0.2, 0.25) is 5.91 Å². The van der Waals surface area contributed by atoms with Crippen LogP contribution in [0.3, 0.4) is 0 Å². The zero-order valence-corrected chi connectivity index (χ0v) is 18.1. The van der Waals surface area contributed by atoms with Crippen LogP contribution >= 0.6 is 23.2 Å². The number of hydrogen-bond acceptors (Lipinski definition) is 4. The molecule has 2 fully saturated rings. The second-order valence-electron chi connectivity index (χ2n) is 7.75. The van der Waals surface area contributed by atoms with Crippen LogP contribution in [-0.4, -0.2) is 70.3 Å². The van der Waals surface area contributed by atoms with E-state index in [0.29, 0.717) is 41.7 Å². The maximum Gasteiger partial charge on any atom is 0.254 e. The number of nitrogens with zero attached hydrogens (tertiary/aromatic N) is 4. The highest BCUT2D eigenvalue weighted by molar-refractivity contribution is 6.42. The zero-order valence-electron chi connectivity index (χ0n) is 16.6. The van der Waals surface area contributed by atoms with Gasteiger partial charge < -0.3 is 9.80 Å². The lowest BCUT2D eigenvalue weighted by atomic mass is 10.1. The van der Waals surface area contributed by atoms with E-state index in [2.05, 4.69) is 16.0 Å². The topological polar surface area (TPSA) is 56.8 Å². The van der Waals surface area contributed by atoms with Crippen LogP contribution in [0.5, 0.6) is 0 Å². The molecule has 4 rings (SSSR count). The molecule has 2 aliphatic rings. The number of aromatic nitrogens is 1. The van der Waals surface area contributed by atoms with Crippen molar-refractivity contribution in [3.05, 3.63) is 63.9 Å². The lowest BCUT2D eigenvalue weighted by Gasteiger charge is -2.37. The van der Waals surface area contributed by atoms with Gasteiger partial charge in [-0.05, 0) is 42.7 Å². The Hall–Kier alpha value is -2.15. The quantitative estimate of drug-likeness (QED) is 0.722. The van der Waals surface area contributed by atoms with E-state index in [1.807, 2.05) is 17.2 Å². The largest absolute Gasteiger partial charge is 0.338 e. The van der Waals surface area contributed by atoms with Crippen LogP contribution in [0.4, 0.5) is 0 Å². The van der Waals surface area contributed by atoms with E-state index < -0.39 is 6.04 Å². The monoisotopic (exact) mass is 446 g/mol. The molecule has 0 saturated carbocycles. The summed E-state index contributed by atoms with van der Waals surface area (Å²) in [4.78, 5) is 36.3. The van der Waals surface area contributed by atoms with Gasteiger partial charge in [-0.3, -0.25) is 19.5 Å². The molecular formula is C22H24Cl2N4O2.